The highest BCUT2D eigenvalue weighted by molar-refractivity contribution is 5.79. The number of carbonyl (C=O) groups excluding carboxylic acids is 1. The topological polar surface area (TPSA) is 29.1 Å². The van der Waals surface area contributed by atoms with Crippen LogP contribution in [0.15, 0.2) is 24.3 Å². The number of benzene rings is 1. The highest BCUT2D eigenvalue weighted by Gasteiger charge is 2.36. The van der Waals surface area contributed by atoms with Gasteiger partial charge in [0.1, 0.15) is 0 Å². The van der Waals surface area contributed by atoms with Gasteiger partial charge in [0.2, 0.25) is 5.91 Å². The largest absolute Gasteiger partial charge is 0.349 e. The highest BCUT2D eigenvalue weighted by Crippen LogP contribution is 2.44. The van der Waals surface area contributed by atoms with Crippen LogP contribution >= 0.6 is 0 Å². The summed E-state index contributed by atoms with van der Waals surface area (Å²) >= 11 is 0. The predicted molar refractivity (Wildman–Crippen MR) is 49.3 cm³/mol. The van der Waals surface area contributed by atoms with E-state index in [-0.39, 0.29) is 5.91 Å². The van der Waals surface area contributed by atoms with Crippen LogP contribution in [0.25, 0.3) is 0 Å². The number of nitrogens with one attached hydrogen (secondary N) is 1. The normalized spacial score (nSPS) is 29.7. The number of piperidine rings is 1. The van der Waals surface area contributed by atoms with Crippen molar-refractivity contribution in [3.05, 3.63) is 35.4 Å². The van der Waals surface area contributed by atoms with Gasteiger partial charge in [-0.3, -0.25) is 4.79 Å². The van der Waals surface area contributed by atoms with Crippen LogP contribution in [0, 0.1) is 0 Å². The van der Waals surface area contributed by atoms with Gasteiger partial charge < -0.3 is 5.32 Å². The summed E-state index contributed by atoms with van der Waals surface area (Å²) in [5, 5.41) is 3.02. The van der Waals surface area contributed by atoms with Gasteiger partial charge in [0.15, 0.2) is 0 Å². The molecule has 1 aromatic rings. The molecule has 2 heteroatoms. The third-order valence-corrected chi connectivity index (χ3v) is 3.10. The van der Waals surface area contributed by atoms with E-state index in [2.05, 4.69) is 23.5 Å². The van der Waals surface area contributed by atoms with Crippen LogP contribution in [0.5, 0.6) is 0 Å². The van der Waals surface area contributed by atoms with Gasteiger partial charge in [0.25, 0.3) is 0 Å². The lowest BCUT2D eigenvalue weighted by molar-refractivity contribution is -0.123. The zero-order valence-corrected chi connectivity index (χ0v) is 7.29. The van der Waals surface area contributed by atoms with Crippen molar-refractivity contribution < 1.29 is 4.79 Å². The van der Waals surface area contributed by atoms with E-state index in [0.717, 1.165) is 6.42 Å². The molecule has 1 aromatic carbocycles. The Balaban J connectivity index is 2.14. The van der Waals surface area contributed by atoms with E-state index < -0.39 is 0 Å². The van der Waals surface area contributed by atoms with E-state index in [4.69, 9.17) is 0 Å². The first-order valence-corrected chi connectivity index (χ1v) is 4.73. The summed E-state index contributed by atoms with van der Waals surface area (Å²) in [6, 6.07) is 8.68. The van der Waals surface area contributed by atoms with E-state index in [0.29, 0.717) is 18.4 Å². The third-order valence-electron chi connectivity index (χ3n) is 3.10. The predicted octanol–water partition coefficient (Wildman–Crippen LogP) is 1.73. The molecule has 3 rings (SSSR count). The zero-order chi connectivity index (χ0) is 8.84. The molecule has 0 saturated carbocycles. The van der Waals surface area contributed by atoms with E-state index in [9.17, 15) is 4.79 Å². The van der Waals surface area contributed by atoms with Crippen molar-refractivity contribution in [2.75, 3.05) is 0 Å². The fourth-order valence-corrected chi connectivity index (χ4v) is 2.55. The summed E-state index contributed by atoms with van der Waals surface area (Å²) in [7, 11) is 0. The molecule has 0 spiro atoms. The minimum atomic E-state index is 0.206. The molecule has 0 radical (unpaired) electrons. The Labute approximate surface area is 77.0 Å². The van der Waals surface area contributed by atoms with Crippen molar-refractivity contribution >= 4 is 5.91 Å². The molecule has 2 bridgehead atoms. The van der Waals surface area contributed by atoms with Gasteiger partial charge in [0.05, 0.1) is 6.04 Å². The monoisotopic (exact) mass is 173 g/mol. The number of fused-ring (bicyclic) bond motifs is 5. The Morgan fingerprint density at radius 3 is 2.85 bits per heavy atom. The molecular weight excluding hydrogens is 162 g/mol. The van der Waals surface area contributed by atoms with Crippen molar-refractivity contribution in [3.63, 3.8) is 0 Å². The number of rotatable bonds is 0. The van der Waals surface area contributed by atoms with Gasteiger partial charge >= 0.3 is 0 Å². The SMILES string of the molecule is O=C1CC2CC(N1)c1ccccc12. The molecule has 13 heavy (non-hydrogen) atoms. The number of hydrogen-bond acceptors (Lipinski definition) is 1. The molecule has 1 aliphatic carbocycles. The van der Waals surface area contributed by atoms with Crippen LogP contribution < -0.4 is 5.32 Å². The summed E-state index contributed by atoms with van der Waals surface area (Å²) in [6.45, 7) is 0. The molecule has 0 aromatic heterocycles. The van der Waals surface area contributed by atoms with Gasteiger partial charge in [-0.15, -0.1) is 0 Å². The summed E-state index contributed by atoms with van der Waals surface area (Å²) in [5.74, 6) is 0.687. The Hall–Kier alpha value is -1.31. The van der Waals surface area contributed by atoms with Crippen molar-refractivity contribution in [1.29, 1.82) is 0 Å². The molecule has 2 unspecified atom stereocenters. The standard InChI is InChI=1S/C11H11NO/c13-11-6-7-5-10(12-11)9-4-2-1-3-8(7)9/h1-4,7,10H,5-6H2,(H,12,13). The molecule has 1 aliphatic heterocycles. The molecule has 1 fully saturated rings. The van der Waals surface area contributed by atoms with Crippen LogP contribution in [-0.2, 0) is 4.79 Å². The average Bonchev–Trinajstić information content (AvgIpc) is 2.41. The van der Waals surface area contributed by atoms with Crippen LogP contribution in [0.2, 0.25) is 0 Å². The third kappa shape index (κ3) is 0.916. The van der Waals surface area contributed by atoms with Gasteiger partial charge in [-0.05, 0) is 23.5 Å². The van der Waals surface area contributed by atoms with Gasteiger partial charge in [-0.1, -0.05) is 24.3 Å². The minimum Gasteiger partial charge on any atom is -0.349 e. The second-order valence-corrected chi connectivity index (χ2v) is 3.89. The maximum atomic E-state index is 11.3. The van der Waals surface area contributed by atoms with E-state index in [1.165, 1.54) is 11.1 Å². The summed E-state index contributed by atoms with van der Waals surface area (Å²) < 4.78 is 0. The summed E-state index contributed by atoms with van der Waals surface area (Å²) in [6.07, 6.45) is 1.78. The average molecular weight is 173 g/mol. The number of carbonyl (C=O) groups is 1. The molecule has 1 saturated heterocycles. The molecule has 1 amide bonds. The fourth-order valence-electron chi connectivity index (χ4n) is 2.55. The zero-order valence-electron chi connectivity index (χ0n) is 7.29. The fraction of sp³-hybridized carbons (Fsp3) is 0.364. The second kappa shape index (κ2) is 2.34. The Morgan fingerprint density at radius 2 is 2.00 bits per heavy atom. The van der Waals surface area contributed by atoms with Crippen molar-refractivity contribution in [1.82, 2.24) is 5.32 Å². The van der Waals surface area contributed by atoms with Crippen molar-refractivity contribution in [2.45, 2.75) is 24.8 Å². The first-order valence-electron chi connectivity index (χ1n) is 4.73. The summed E-state index contributed by atoms with van der Waals surface area (Å²) in [5.41, 5.74) is 2.71. The molecule has 2 nitrogen and oxygen atoms in total. The lowest BCUT2D eigenvalue weighted by atomic mass is 9.96. The molecule has 1 N–H and O–H groups in total. The van der Waals surface area contributed by atoms with Crippen LogP contribution in [0.3, 0.4) is 0 Å². The van der Waals surface area contributed by atoms with Crippen LogP contribution in [0.1, 0.15) is 35.9 Å². The van der Waals surface area contributed by atoms with Gasteiger partial charge in [-0.25, -0.2) is 0 Å². The van der Waals surface area contributed by atoms with E-state index >= 15 is 0 Å². The van der Waals surface area contributed by atoms with Gasteiger partial charge in [0, 0.05) is 6.42 Å². The maximum Gasteiger partial charge on any atom is 0.221 e. The molecule has 66 valence electrons. The molecule has 1 heterocycles. The van der Waals surface area contributed by atoms with E-state index in [1.54, 1.807) is 0 Å². The van der Waals surface area contributed by atoms with E-state index in [1.807, 2.05) is 6.07 Å². The van der Waals surface area contributed by atoms with Crippen molar-refractivity contribution in [3.8, 4) is 0 Å². The van der Waals surface area contributed by atoms with Gasteiger partial charge in [-0.2, -0.15) is 0 Å². The Kier molecular flexibility index (Phi) is 1.29. The van der Waals surface area contributed by atoms with Crippen molar-refractivity contribution in [2.24, 2.45) is 0 Å². The van der Waals surface area contributed by atoms with Crippen LogP contribution in [-0.4, -0.2) is 5.91 Å². The summed E-state index contributed by atoms with van der Waals surface area (Å²) in [4.78, 5) is 11.3. The number of amides is 1. The first-order chi connectivity index (χ1) is 6.34. The Morgan fingerprint density at radius 1 is 1.23 bits per heavy atom. The maximum absolute atomic E-state index is 11.3. The molecular formula is C11H11NO. The molecule has 2 atom stereocenters. The molecule has 2 aliphatic rings. The highest BCUT2D eigenvalue weighted by atomic mass is 16.1. The smallest absolute Gasteiger partial charge is 0.221 e. The Bertz CT molecular complexity index is 339. The lowest BCUT2D eigenvalue weighted by Crippen LogP contribution is -2.31. The van der Waals surface area contributed by atoms with Crippen LogP contribution in [0.4, 0.5) is 0 Å². The lowest BCUT2D eigenvalue weighted by Gasteiger charge is -2.19. The second-order valence-electron chi connectivity index (χ2n) is 3.89. The minimum absolute atomic E-state index is 0.206. The number of hydrogen-bond donors (Lipinski definition) is 1. The first kappa shape index (κ1) is 7.13. The quantitative estimate of drug-likeness (QED) is 0.636.